The van der Waals surface area contributed by atoms with E-state index in [-0.39, 0.29) is 17.5 Å². The summed E-state index contributed by atoms with van der Waals surface area (Å²) in [5, 5.41) is 15.6. The summed E-state index contributed by atoms with van der Waals surface area (Å²) >= 11 is 1.46. The highest BCUT2D eigenvalue weighted by Gasteiger charge is 2.29. The number of nitrogens with zero attached hydrogens (tertiary/aromatic N) is 4. The molecule has 2 heterocycles. The van der Waals surface area contributed by atoms with Crippen LogP contribution < -0.4 is 10.6 Å². The van der Waals surface area contributed by atoms with E-state index in [1.165, 1.54) is 24.2 Å². The lowest BCUT2D eigenvalue weighted by Crippen LogP contribution is -2.47. The lowest BCUT2D eigenvalue weighted by atomic mass is 9.86. The number of urea groups is 1. The van der Waals surface area contributed by atoms with Crippen molar-refractivity contribution >= 4 is 22.5 Å². The summed E-state index contributed by atoms with van der Waals surface area (Å²) < 4.78 is 1.96. The van der Waals surface area contributed by atoms with Gasteiger partial charge in [0.2, 0.25) is 5.13 Å². The molecule has 3 rings (SSSR count). The third-order valence-corrected chi connectivity index (χ3v) is 4.89. The van der Waals surface area contributed by atoms with Gasteiger partial charge in [-0.2, -0.15) is 0 Å². The first-order valence-corrected chi connectivity index (χ1v) is 8.60. The van der Waals surface area contributed by atoms with Crippen LogP contribution >= 0.6 is 11.3 Å². The highest BCUT2D eigenvalue weighted by Crippen LogP contribution is 2.42. The average molecular weight is 334 g/mol. The predicted octanol–water partition coefficient (Wildman–Crippen LogP) is 2.85. The topological polar surface area (TPSA) is 84.7 Å². The Morgan fingerprint density at radius 3 is 2.83 bits per heavy atom. The fourth-order valence-corrected chi connectivity index (χ4v) is 3.12. The Hall–Kier alpha value is -1.96. The summed E-state index contributed by atoms with van der Waals surface area (Å²) in [6.07, 6.45) is 7.74. The van der Waals surface area contributed by atoms with Gasteiger partial charge in [-0.15, -0.1) is 10.2 Å². The van der Waals surface area contributed by atoms with Gasteiger partial charge in [-0.3, -0.25) is 5.32 Å². The molecule has 1 aliphatic rings. The number of imidazole rings is 1. The van der Waals surface area contributed by atoms with Crippen molar-refractivity contribution in [2.45, 2.75) is 52.1 Å². The molecule has 8 heteroatoms. The summed E-state index contributed by atoms with van der Waals surface area (Å²) in [5.41, 5.74) is -0.0814. The highest BCUT2D eigenvalue weighted by atomic mass is 32.1. The lowest BCUT2D eigenvalue weighted by Gasteiger charge is -2.31. The highest BCUT2D eigenvalue weighted by molar-refractivity contribution is 7.15. The summed E-state index contributed by atoms with van der Waals surface area (Å²) in [7, 11) is 0. The zero-order chi connectivity index (χ0) is 16.4. The number of aromatic nitrogens is 4. The normalized spacial score (nSPS) is 16.1. The van der Waals surface area contributed by atoms with Crippen LogP contribution in [0.15, 0.2) is 18.7 Å². The fraction of sp³-hybridized carbons (Fsp3) is 0.600. The molecule has 1 fully saturated rings. The van der Waals surface area contributed by atoms with Gasteiger partial charge in [0.05, 0.1) is 12.4 Å². The molecular formula is C15H22N6OS. The maximum absolute atomic E-state index is 12.3. The summed E-state index contributed by atoms with van der Waals surface area (Å²) in [4.78, 5) is 16.3. The molecular weight excluding hydrogens is 312 g/mol. The molecule has 0 spiro atoms. The summed E-state index contributed by atoms with van der Waals surface area (Å²) in [6.45, 7) is 6.97. The number of amides is 2. The van der Waals surface area contributed by atoms with Gasteiger partial charge in [-0.1, -0.05) is 32.1 Å². The Balaban J connectivity index is 1.60. The molecule has 2 aromatic rings. The Bertz CT molecular complexity index is 656. The molecule has 1 unspecified atom stereocenters. The second-order valence-corrected chi connectivity index (χ2v) is 8.01. The Morgan fingerprint density at radius 2 is 2.22 bits per heavy atom. The molecule has 0 radical (unpaired) electrons. The zero-order valence-corrected chi connectivity index (χ0v) is 14.4. The van der Waals surface area contributed by atoms with Crippen LogP contribution in [0.1, 0.15) is 44.5 Å². The van der Waals surface area contributed by atoms with Crippen LogP contribution in [0.2, 0.25) is 0 Å². The van der Waals surface area contributed by atoms with E-state index >= 15 is 0 Å². The van der Waals surface area contributed by atoms with Crippen LogP contribution in [-0.4, -0.2) is 31.8 Å². The molecule has 0 bridgehead atoms. The molecule has 23 heavy (non-hydrogen) atoms. The van der Waals surface area contributed by atoms with Crippen molar-refractivity contribution < 1.29 is 4.79 Å². The number of rotatable bonds is 5. The van der Waals surface area contributed by atoms with Crippen molar-refractivity contribution in [3.8, 4) is 0 Å². The Morgan fingerprint density at radius 1 is 1.43 bits per heavy atom. The van der Waals surface area contributed by atoms with Crippen LogP contribution in [0, 0.1) is 5.41 Å². The second-order valence-electron chi connectivity index (χ2n) is 7.00. The first kappa shape index (κ1) is 15.9. The quantitative estimate of drug-likeness (QED) is 0.880. The van der Waals surface area contributed by atoms with E-state index in [9.17, 15) is 4.79 Å². The molecule has 7 nitrogen and oxygen atoms in total. The van der Waals surface area contributed by atoms with E-state index < -0.39 is 0 Å². The third kappa shape index (κ3) is 4.28. The Labute approximate surface area is 139 Å². The van der Waals surface area contributed by atoms with E-state index in [1.807, 2.05) is 10.8 Å². The zero-order valence-electron chi connectivity index (χ0n) is 13.6. The summed E-state index contributed by atoms with van der Waals surface area (Å²) in [5.74, 6) is 0.551. The van der Waals surface area contributed by atoms with Gasteiger partial charge in [0.15, 0.2) is 0 Å². The first-order valence-electron chi connectivity index (χ1n) is 7.78. The van der Waals surface area contributed by atoms with Crippen LogP contribution in [-0.2, 0) is 6.54 Å². The van der Waals surface area contributed by atoms with Crippen molar-refractivity contribution in [2.24, 2.45) is 5.41 Å². The van der Waals surface area contributed by atoms with Crippen LogP contribution in [0.25, 0.3) is 0 Å². The maximum Gasteiger partial charge on any atom is 0.321 e. The van der Waals surface area contributed by atoms with E-state index in [0.29, 0.717) is 17.6 Å². The van der Waals surface area contributed by atoms with Gasteiger partial charge in [0, 0.05) is 24.9 Å². The molecule has 0 saturated heterocycles. The van der Waals surface area contributed by atoms with Gasteiger partial charge < -0.3 is 9.88 Å². The van der Waals surface area contributed by atoms with E-state index in [1.54, 1.807) is 12.5 Å². The van der Waals surface area contributed by atoms with Crippen molar-refractivity contribution in [1.29, 1.82) is 0 Å². The molecule has 1 aliphatic carbocycles. The average Bonchev–Trinajstić information content (AvgIpc) is 2.99. The molecule has 2 amide bonds. The number of nitrogens with one attached hydrogen (secondary N) is 2. The molecule has 0 aromatic carbocycles. The first-order chi connectivity index (χ1) is 10.9. The summed E-state index contributed by atoms with van der Waals surface area (Å²) in [6, 6.07) is -0.281. The lowest BCUT2D eigenvalue weighted by molar-refractivity contribution is 0.218. The van der Waals surface area contributed by atoms with Crippen molar-refractivity contribution in [3.05, 3.63) is 23.7 Å². The number of hydrogen-bond acceptors (Lipinski definition) is 5. The molecule has 0 aliphatic heterocycles. The molecule has 1 atom stereocenters. The smallest absolute Gasteiger partial charge is 0.321 e. The van der Waals surface area contributed by atoms with Crippen molar-refractivity contribution in [3.63, 3.8) is 0 Å². The predicted molar refractivity (Wildman–Crippen MR) is 89.5 cm³/mol. The minimum absolute atomic E-state index is 0.0347. The van der Waals surface area contributed by atoms with Crippen molar-refractivity contribution in [2.75, 3.05) is 5.32 Å². The monoisotopic (exact) mass is 334 g/mol. The van der Waals surface area contributed by atoms with Gasteiger partial charge >= 0.3 is 6.03 Å². The maximum atomic E-state index is 12.3. The standard InChI is InChI=1S/C15H22N6OS/c1-15(2,3)11(8-21-7-6-16-9-21)17-13(22)18-14-20-19-12(23-14)10-4-5-10/h6-7,9-11H,4-5,8H2,1-3H3,(H2,17,18,20,22). The number of carbonyl (C=O) groups is 1. The van der Waals surface area contributed by atoms with Gasteiger partial charge in [0.1, 0.15) is 5.01 Å². The number of anilines is 1. The van der Waals surface area contributed by atoms with Crippen molar-refractivity contribution in [1.82, 2.24) is 25.1 Å². The largest absolute Gasteiger partial charge is 0.335 e. The SMILES string of the molecule is CC(C)(C)C(Cn1ccnc1)NC(=O)Nc1nnc(C2CC2)s1. The van der Waals surface area contributed by atoms with Gasteiger partial charge in [-0.05, 0) is 18.3 Å². The molecule has 2 aromatic heterocycles. The van der Waals surface area contributed by atoms with Gasteiger partial charge in [-0.25, -0.2) is 9.78 Å². The molecule has 2 N–H and O–H groups in total. The third-order valence-electron chi connectivity index (χ3n) is 3.89. The van der Waals surface area contributed by atoms with Gasteiger partial charge in [0.25, 0.3) is 0 Å². The van der Waals surface area contributed by atoms with Crippen LogP contribution in [0.4, 0.5) is 9.93 Å². The fourth-order valence-electron chi connectivity index (χ4n) is 2.21. The molecule has 1 saturated carbocycles. The van der Waals surface area contributed by atoms with E-state index in [2.05, 4.69) is 46.6 Å². The van der Waals surface area contributed by atoms with Crippen LogP contribution in [0.3, 0.4) is 0 Å². The number of carbonyl (C=O) groups excluding carboxylic acids is 1. The molecule has 124 valence electrons. The number of hydrogen-bond donors (Lipinski definition) is 2. The minimum Gasteiger partial charge on any atom is -0.335 e. The van der Waals surface area contributed by atoms with Crippen LogP contribution in [0.5, 0.6) is 0 Å². The van der Waals surface area contributed by atoms with E-state index in [0.717, 1.165) is 5.01 Å². The second kappa shape index (κ2) is 6.27. The minimum atomic E-state index is -0.247. The Kier molecular flexibility index (Phi) is 4.34. The van der Waals surface area contributed by atoms with E-state index in [4.69, 9.17) is 0 Å².